The van der Waals surface area contributed by atoms with Crippen molar-refractivity contribution in [2.24, 2.45) is 0 Å². The summed E-state index contributed by atoms with van der Waals surface area (Å²) in [5.41, 5.74) is 0. The third-order valence-corrected chi connectivity index (χ3v) is 2.21. The van der Waals surface area contributed by atoms with Gasteiger partial charge in [0.05, 0.1) is 35.5 Å². The molecule has 132 valence electrons. The van der Waals surface area contributed by atoms with Crippen LogP contribution in [0.2, 0.25) is 0 Å². The molecule has 0 fully saturated rings. The van der Waals surface area contributed by atoms with E-state index in [4.69, 9.17) is 33.8 Å². The van der Waals surface area contributed by atoms with Gasteiger partial charge in [-0.3, -0.25) is 0 Å². The van der Waals surface area contributed by atoms with Crippen LogP contribution in [0.4, 0.5) is 17.8 Å². The second-order valence-electron chi connectivity index (χ2n) is 3.46. The van der Waals surface area contributed by atoms with Gasteiger partial charge in [-0.05, 0) is 0 Å². The lowest BCUT2D eigenvalue weighted by molar-refractivity contribution is -0.137. The van der Waals surface area contributed by atoms with Crippen LogP contribution < -0.4 is 15.7 Å². The predicted octanol–water partition coefficient (Wildman–Crippen LogP) is -0.367. The SMILES string of the molecule is COCON(OC)c1nc(N(OC)OC)nc(N(OC)OC)n1. The summed E-state index contributed by atoms with van der Waals surface area (Å²) in [5, 5.41) is 2.77. The molecule has 1 rings (SSSR count). The van der Waals surface area contributed by atoms with E-state index in [1.54, 1.807) is 0 Å². The summed E-state index contributed by atoms with van der Waals surface area (Å²) >= 11 is 0. The quantitative estimate of drug-likeness (QED) is 0.387. The molecule has 0 spiro atoms. The Labute approximate surface area is 132 Å². The Kier molecular flexibility index (Phi) is 8.35. The van der Waals surface area contributed by atoms with E-state index < -0.39 is 0 Å². The van der Waals surface area contributed by atoms with Crippen molar-refractivity contribution in [2.45, 2.75) is 0 Å². The molecule has 1 aromatic heterocycles. The lowest BCUT2D eigenvalue weighted by Crippen LogP contribution is -2.31. The van der Waals surface area contributed by atoms with Gasteiger partial charge in [-0.15, -0.1) is 0 Å². The van der Waals surface area contributed by atoms with Crippen molar-refractivity contribution >= 4 is 17.8 Å². The number of methoxy groups -OCH3 is 1. The molecular weight excluding hydrogens is 316 g/mol. The van der Waals surface area contributed by atoms with Gasteiger partial charge in [-0.1, -0.05) is 15.7 Å². The fraction of sp³-hybridized carbons (Fsp3) is 0.700. The van der Waals surface area contributed by atoms with Gasteiger partial charge in [-0.2, -0.15) is 15.0 Å². The number of nitrogens with zero attached hydrogens (tertiary/aromatic N) is 6. The number of hydrogen-bond acceptors (Lipinski definition) is 13. The molecule has 13 heteroatoms. The van der Waals surface area contributed by atoms with E-state index in [1.165, 1.54) is 42.7 Å². The summed E-state index contributed by atoms with van der Waals surface area (Å²) in [5.74, 6) is -0.0721. The van der Waals surface area contributed by atoms with Gasteiger partial charge in [0.1, 0.15) is 0 Å². The van der Waals surface area contributed by atoms with Crippen LogP contribution in [0.1, 0.15) is 0 Å². The van der Waals surface area contributed by atoms with Crippen LogP contribution in [0.15, 0.2) is 0 Å². The summed E-state index contributed by atoms with van der Waals surface area (Å²) in [6, 6.07) is 0. The predicted molar refractivity (Wildman–Crippen MR) is 75.3 cm³/mol. The molecule has 0 aliphatic carbocycles. The average molecular weight is 336 g/mol. The Morgan fingerprint density at radius 2 is 0.957 bits per heavy atom. The molecule has 0 aliphatic heterocycles. The van der Waals surface area contributed by atoms with Gasteiger partial charge in [0.15, 0.2) is 6.79 Å². The smallest absolute Gasteiger partial charge is 0.284 e. The molecule has 1 heterocycles. The molecule has 0 aromatic carbocycles. The number of ether oxygens (including phenoxy) is 1. The third-order valence-electron chi connectivity index (χ3n) is 2.21. The zero-order valence-corrected chi connectivity index (χ0v) is 13.7. The van der Waals surface area contributed by atoms with Crippen LogP contribution >= 0.6 is 0 Å². The highest BCUT2D eigenvalue weighted by Gasteiger charge is 2.22. The zero-order valence-electron chi connectivity index (χ0n) is 13.7. The normalized spacial score (nSPS) is 10.7. The molecule has 0 amide bonds. The standard InChI is InChI=1S/C10H20N6O7/c1-17-7-23-16(22-6)10-12-8(14(18-2)19-3)11-9(13-10)15(20-4)21-5/h7H2,1-6H3. The molecule has 23 heavy (non-hydrogen) atoms. The maximum absolute atomic E-state index is 5.17. The van der Waals surface area contributed by atoms with Crippen LogP contribution in [0.5, 0.6) is 0 Å². The van der Waals surface area contributed by atoms with E-state index in [-0.39, 0.29) is 24.6 Å². The van der Waals surface area contributed by atoms with Crippen molar-refractivity contribution in [1.29, 1.82) is 0 Å². The first-order valence-electron chi connectivity index (χ1n) is 6.13. The Morgan fingerprint density at radius 3 is 1.26 bits per heavy atom. The Bertz CT molecular complexity index is 429. The van der Waals surface area contributed by atoms with Gasteiger partial charge in [0.25, 0.3) is 17.8 Å². The van der Waals surface area contributed by atoms with E-state index in [9.17, 15) is 0 Å². The molecular formula is C10H20N6O7. The summed E-state index contributed by atoms with van der Waals surface area (Å²) < 4.78 is 4.80. The first-order chi connectivity index (χ1) is 11.1. The molecule has 0 radical (unpaired) electrons. The van der Waals surface area contributed by atoms with Crippen LogP contribution in [0.3, 0.4) is 0 Å². The number of hydrogen-bond donors (Lipinski definition) is 0. The fourth-order valence-corrected chi connectivity index (χ4v) is 1.36. The number of anilines is 3. The first-order valence-corrected chi connectivity index (χ1v) is 6.13. The minimum absolute atomic E-state index is 0.0165. The van der Waals surface area contributed by atoms with Crippen molar-refractivity contribution in [2.75, 3.05) is 65.1 Å². The highest BCUT2D eigenvalue weighted by atomic mass is 17.0. The van der Waals surface area contributed by atoms with E-state index >= 15 is 0 Å². The Hall–Kier alpha value is -1.87. The topological polar surface area (TPSA) is 113 Å². The van der Waals surface area contributed by atoms with E-state index in [0.717, 1.165) is 15.7 Å². The summed E-state index contributed by atoms with van der Waals surface area (Å²) in [6.07, 6.45) is 0. The summed E-state index contributed by atoms with van der Waals surface area (Å²) in [6.45, 7) is -0.0965. The van der Waals surface area contributed by atoms with Crippen LogP contribution in [-0.2, 0) is 33.8 Å². The molecule has 0 bridgehead atoms. The Balaban J connectivity index is 3.26. The summed E-state index contributed by atoms with van der Waals surface area (Å²) in [4.78, 5) is 42.3. The third kappa shape index (κ3) is 5.07. The van der Waals surface area contributed by atoms with Gasteiger partial charge >= 0.3 is 0 Å². The molecule has 0 saturated carbocycles. The van der Waals surface area contributed by atoms with Gasteiger partial charge in [0.2, 0.25) is 0 Å². The van der Waals surface area contributed by atoms with Crippen molar-refractivity contribution in [3.8, 4) is 0 Å². The first kappa shape index (κ1) is 19.2. The lowest BCUT2D eigenvalue weighted by atomic mass is 10.8. The Morgan fingerprint density at radius 1 is 0.609 bits per heavy atom. The molecule has 0 aliphatic rings. The molecule has 0 unspecified atom stereocenters. The molecule has 0 atom stereocenters. The maximum atomic E-state index is 5.17. The monoisotopic (exact) mass is 336 g/mol. The van der Waals surface area contributed by atoms with Gasteiger partial charge in [-0.25, -0.2) is 29.0 Å². The minimum Gasteiger partial charge on any atom is -0.356 e. The van der Waals surface area contributed by atoms with Crippen LogP contribution in [0, 0.1) is 0 Å². The zero-order chi connectivity index (χ0) is 17.2. The van der Waals surface area contributed by atoms with Gasteiger partial charge < -0.3 is 4.74 Å². The highest BCUT2D eigenvalue weighted by Crippen LogP contribution is 2.20. The molecule has 1 aromatic rings. The second kappa shape index (κ2) is 10.0. The fourth-order valence-electron chi connectivity index (χ4n) is 1.36. The van der Waals surface area contributed by atoms with Crippen molar-refractivity contribution in [3.63, 3.8) is 0 Å². The van der Waals surface area contributed by atoms with E-state index in [2.05, 4.69) is 15.0 Å². The lowest BCUT2D eigenvalue weighted by Gasteiger charge is -2.22. The largest absolute Gasteiger partial charge is 0.356 e. The van der Waals surface area contributed by atoms with Crippen LogP contribution in [-0.4, -0.2) is 64.4 Å². The minimum atomic E-state index is -0.0965. The van der Waals surface area contributed by atoms with Gasteiger partial charge in [0, 0.05) is 7.11 Å². The second-order valence-corrected chi connectivity index (χ2v) is 3.46. The van der Waals surface area contributed by atoms with Crippen molar-refractivity contribution in [3.05, 3.63) is 0 Å². The molecule has 0 saturated heterocycles. The highest BCUT2D eigenvalue weighted by molar-refractivity contribution is 5.40. The van der Waals surface area contributed by atoms with Crippen LogP contribution in [0.25, 0.3) is 0 Å². The van der Waals surface area contributed by atoms with Crippen molar-refractivity contribution < 1.29 is 33.8 Å². The van der Waals surface area contributed by atoms with Crippen molar-refractivity contribution in [1.82, 2.24) is 15.0 Å². The number of rotatable bonds is 11. The average Bonchev–Trinajstić information content (AvgIpc) is 2.58. The molecule has 0 N–H and O–H groups in total. The maximum Gasteiger partial charge on any atom is 0.284 e. The molecule has 13 nitrogen and oxygen atoms in total. The van der Waals surface area contributed by atoms with E-state index in [0.29, 0.717) is 0 Å². The number of aromatic nitrogens is 3. The summed E-state index contributed by atoms with van der Waals surface area (Å²) in [7, 11) is 8.28. The van der Waals surface area contributed by atoms with E-state index in [1.807, 2.05) is 0 Å².